The average Bonchev–Trinajstić information content (AvgIpc) is 2.69. The molecule has 0 saturated heterocycles. The molecule has 0 unspecified atom stereocenters. The molecule has 0 saturated carbocycles. The number of rotatable bonds is 3. The van der Waals surface area contributed by atoms with Gasteiger partial charge in [-0.1, -0.05) is 78.3 Å². The highest BCUT2D eigenvalue weighted by Crippen LogP contribution is 2.25. The van der Waals surface area contributed by atoms with Gasteiger partial charge in [-0.15, -0.1) is 0 Å². The Labute approximate surface area is 151 Å². The third-order valence-electron chi connectivity index (χ3n) is 3.95. The van der Waals surface area contributed by atoms with Crippen LogP contribution in [-0.4, -0.2) is 5.71 Å². The molecular weight excluding hydrogens is 330 g/mol. The second-order valence-corrected chi connectivity index (χ2v) is 6.06. The summed E-state index contributed by atoms with van der Waals surface area (Å²) in [5.41, 5.74) is 8.09. The second-order valence-electron chi connectivity index (χ2n) is 5.65. The largest absolute Gasteiger partial charge is 0.277 e. The number of benzene rings is 3. The molecule has 3 aromatic rings. The molecule has 122 valence electrons. The number of hydrazone groups is 1. The minimum atomic E-state index is 0.680. The maximum atomic E-state index is 6.40. The molecule has 4 rings (SSSR count). The Balaban J connectivity index is 1.82. The lowest BCUT2D eigenvalue weighted by atomic mass is 10.1. The van der Waals surface area contributed by atoms with Gasteiger partial charge < -0.3 is 0 Å². The van der Waals surface area contributed by atoms with E-state index in [-0.39, 0.29) is 0 Å². The van der Waals surface area contributed by atoms with Crippen LogP contribution in [-0.2, 0) is 0 Å². The molecule has 0 spiro atoms. The van der Waals surface area contributed by atoms with Crippen molar-refractivity contribution in [1.82, 2.24) is 5.43 Å². The van der Waals surface area contributed by atoms with Crippen molar-refractivity contribution < 1.29 is 0 Å². The van der Waals surface area contributed by atoms with Crippen molar-refractivity contribution in [3.63, 3.8) is 0 Å². The van der Waals surface area contributed by atoms with E-state index >= 15 is 0 Å². The van der Waals surface area contributed by atoms with Gasteiger partial charge >= 0.3 is 0 Å². The van der Waals surface area contributed by atoms with Crippen molar-refractivity contribution in [2.24, 2.45) is 5.10 Å². The number of nitrogens with zero attached hydrogens (tertiary/aromatic N) is 2. The van der Waals surface area contributed by atoms with Gasteiger partial charge in [0, 0.05) is 5.56 Å². The SMILES string of the molecule is Clc1ccccc1C1=NN(c2ccccc2)NC(c2ccccc2)=C1. The van der Waals surface area contributed by atoms with Crippen molar-refractivity contribution >= 4 is 28.7 Å². The summed E-state index contributed by atoms with van der Waals surface area (Å²) in [4.78, 5) is 0. The molecule has 3 nitrogen and oxygen atoms in total. The van der Waals surface area contributed by atoms with Crippen molar-refractivity contribution in [2.75, 3.05) is 5.12 Å². The van der Waals surface area contributed by atoms with E-state index in [0.717, 1.165) is 28.2 Å². The monoisotopic (exact) mass is 345 g/mol. The van der Waals surface area contributed by atoms with Crippen LogP contribution in [0.15, 0.2) is 96.1 Å². The summed E-state index contributed by atoms with van der Waals surface area (Å²) in [5, 5.41) is 7.20. The van der Waals surface area contributed by atoms with Gasteiger partial charge in [0.25, 0.3) is 0 Å². The van der Waals surface area contributed by atoms with E-state index in [9.17, 15) is 0 Å². The Hall–Kier alpha value is -3.04. The third-order valence-corrected chi connectivity index (χ3v) is 4.28. The van der Waals surface area contributed by atoms with Crippen molar-refractivity contribution in [2.45, 2.75) is 0 Å². The third kappa shape index (κ3) is 3.28. The zero-order valence-corrected chi connectivity index (χ0v) is 14.2. The van der Waals surface area contributed by atoms with Crippen LogP contribution >= 0.6 is 11.6 Å². The number of halogens is 1. The molecule has 3 aromatic carbocycles. The first kappa shape index (κ1) is 15.5. The second kappa shape index (κ2) is 6.83. The fourth-order valence-corrected chi connectivity index (χ4v) is 2.93. The van der Waals surface area contributed by atoms with E-state index in [1.165, 1.54) is 0 Å². The predicted molar refractivity (Wildman–Crippen MR) is 104 cm³/mol. The van der Waals surface area contributed by atoms with Crippen LogP contribution in [0.4, 0.5) is 5.69 Å². The van der Waals surface area contributed by atoms with Crippen molar-refractivity contribution in [1.29, 1.82) is 0 Å². The first-order valence-corrected chi connectivity index (χ1v) is 8.41. The Bertz CT molecular complexity index is 934. The molecule has 1 heterocycles. The van der Waals surface area contributed by atoms with Gasteiger partial charge in [-0.3, -0.25) is 5.43 Å². The standard InChI is InChI=1S/C21H16ClN3/c22-19-14-8-7-13-18(19)21-15-20(16-9-3-1-4-10-16)23-25(24-21)17-11-5-2-6-12-17/h1-15,23H. The highest BCUT2D eigenvalue weighted by molar-refractivity contribution is 6.35. The topological polar surface area (TPSA) is 27.6 Å². The quantitative estimate of drug-likeness (QED) is 0.714. The van der Waals surface area contributed by atoms with Crippen molar-refractivity contribution in [3.05, 3.63) is 107 Å². The summed E-state index contributed by atoms with van der Waals surface area (Å²) in [7, 11) is 0. The van der Waals surface area contributed by atoms with Crippen LogP contribution in [0.5, 0.6) is 0 Å². The Morgan fingerprint density at radius 3 is 2.12 bits per heavy atom. The van der Waals surface area contributed by atoms with Gasteiger partial charge in [0.05, 0.1) is 22.1 Å². The smallest absolute Gasteiger partial charge is 0.0964 e. The van der Waals surface area contributed by atoms with Gasteiger partial charge in [0.15, 0.2) is 0 Å². The minimum Gasteiger partial charge on any atom is -0.277 e. The number of hydrazine groups is 1. The van der Waals surface area contributed by atoms with Crippen LogP contribution in [0, 0.1) is 0 Å². The lowest BCUT2D eigenvalue weighted by Crippen LogP contribution is -2.36. The number of hydrogen-bond acceptors (Lipinski definition) is 3. The zero-order valence-electron chi connectivity index (χ0n) is 13.4. The Morgan fingerprint density at radius 2 is 1.40 bits per heavy atom. The normalized spacial score (nSPS) is 13.7. The predicted octanol–water partition coefficient (Wildman–Crippen LogP) is 5.11. The minimum absolute atomic E-state index is 0.680. The van der Waals surface area contributed by atoms with E-state index in [1.807, 2.05) is 78.9 Å². The number of nitrogens with one attached hydrogen (secondary N) is 1. The van der Waals surface area contributed by atoms with Crippen LogP contribution in [0.25, 0.3) is 5.70 Å². The molecular formula is C21H16ClN3. The van der Waals surface area contributed by atoms with Crippen LogP contribution < -0.4 is 10.5 Å². The summed E-state index contributed by atoms with van der Waals surface area (Å²) in [5.74, 6) is 0. The molecule has 25 heavy (non-hydrogen) atoms. The summed E-state index contributed by atoms with van der Waals surface area (Å²) < 4.78 is 0. The molecule has 0 bridgehead atoms. The maximum absolute atomic E-state index is 6.40. The highest BCUT2D eigenvalue weighted by atomic mass is 35.5. The first-order valence-electron chi connectivity index (χ1n) is 8.04. The van der Waals surface area contributed by atoms with Gasteiger partial charge in [0.1, 0.15) is 0 Å². The molecule has 0 aromatic heterocycles. The van der Waals surface area contributed by atoms with Gasteiger partial charge in [-0.05, 0) is 29.8 Å². The van der Waals surface area contributed by atoms with E-state index < -0.39 is 0 Å². The van der Waals surface area contributed by atoms with Gasteiger partial charge in [0.2, 0.25) is 0 Å². The Kier molecular flexibility index (Phi) is 4.23. The van der Waals surface area contributed by atoms with Crippen LogP contribution in [0.1, 0.15) is 11.1 Å². The number of anilines is 1. The summed E-state index contributed by atoms with van der Waals surface area (Å²) in [6.45, 7) is 0. The van der Waals surface area contributed by atoms with Crippen LogP contribution in [0.3, 0.4) is 0 Å². The average molecular weight is 346 g/mol. The van der Waals surface area contributed by atoms with E-state index in [4.69, 9.17) is 16.7 Å². The lowest BCUT2D eigenvalue weighted by molar-refractivity contribution is 0.787. The molecule has 0 aliphatic carbocycles. The van der Waals surface area contributed by atoms with E-state index in [0.29, 0.717) is 5.02 Å². The summed E-state index contributed by atoms with van der Waals surface area (Å²) in [6.07, 6.45) is 2.02. The molecule has 1 aliphatic rings. The zero-order chi connectivity index (χ0) is 17.1. The molecule has 1 N–H and O–H groups in total. The number of allylic oxidation sites excluding steroid dienone is 1. The van der Waals surface area contributed by atoms with E-state index in [1.54, 1.807) is 5.12 Å². The van der Waals surface area contributed by atoms with E-state index in [2.05, 4.69) is 17.6 Å². The van der Waals surface area contributed by atoms with Crippen molar-refractivity contribution in [3.8, 4) is 0 Å². The molecule has 0 fully saturated rings. The fraction of sp³-hybridized carbons (Fsp3) is 0. The summed E-state index contributed by atoms with van der Waals surface area (Å²) in [6, 6.07) is 27.9. The molecule has 1 aliphatic heterocycles. The molecule has 4 heteroatoms. The first-order chi connectivity index (χ1) is 12.3. The molecule has 0 atom stereocenters. The lowest BCUT2D eigenvalue weighted by Gasteiger charge is -2.28. The number of hydrogen-bond donors (Lipinski definition) is 1. The van der Waals surface area contributed by atoms with Gasteiger partial charge in [-0.2, -0.15) is 10.2 Å². The number of para-hydroxylation sites is 1. The van der Waals surface area contributed by atoms with Gasteiger partial charge in [-0.25, -0.2) is 0 Å². The van der Waals surface area contributed by atoms with Crippen LogP contribution in [0.2, 0.25) is 5.02 Å². The fourth-order valence-electron chi connectivity index (χ4n) is 2.70. The Morgan fingerprint density at radius 1 is 0.760 bits per heavy atom. The maximum Gasteiger partial charge on any atom is 0.0964 e. The molecule has 0 amide bonds. The summed E-state index contributed by atoms with van der Waals surface area (Å²) >= 11 is 6.40. The molecule has 0 radical (unpaired) electrons. The highest BCUT2D eigenvalue weighted by Gasteiger charge is 2.18.